The molecule has 6 aromatic carbocycles. The molecule has 0 fully saturated rings. The fraction of sp³-hybridized carbons (Fsp3) is 0.100. The summed E-state index contributed by atoms with van der Waals surface area (Å²) in [6.45, 7) is 6.73. The van der Waals surface area contributed by atoms with Crippen LogP contribution in [-0.2, 0) is 4.43 Å². The molecule has 0 unspecified atom stereocenters. The molecule has 0 saturated carbocycles. The van der Waals surface area contributed by atoms with Gasteiger partial charge in [0.25, 0.3) is 0 Å². The third kappa shape index (κ3) is 6.32. The second kappa shape index (κ2) is 14.3. The minimum Gasteiger partial charge on any atom is -0.408 e. The summed E-state index contributed by atoms with van der Waals surface area (Å²) in [6.07, 6.45) is 0. The summed E-state index contributed by atoms with van der Waals surface area (Å²) in [5, 5.41) is 8.35. The van der Waals surface area contributed by atoms with Crippen LogP contribution in [0, 0.1) is 0 Å². The Balaban J connectivity index is 0.00000400. The van der Waals surface area contributed by atoms with Crippen molar-refractivity contribution in [3.63, 3.8) is 0 Å². The molecule has 6 rings (SSSR count). The molecule has 0 aliphatic heterocycles. The molecule has 1 nitrogen and oxygen atoms in total. The summed E-state index contributed by atoms with van der Waals surface area (Å²) in [7, 11) is -7.75. The van der Waals surface area contributed by atoms with E-state index in [1.807, 2.05) is 0 Å². The zero-order valence-corrected chi connectivity index (χ0v) is 29.7. The number of benzene rings is 6. The molecule has 0 saturated heterocycles. The summed E-state index contributed by atoms with van der Waals surface area (Å²) in [5.41, 5.74) is -0.403. The first-order chi connectivity index (χ1) is 21.5. The summed E-state index contributed by atoms with van der Waals surface area (Å²) in [5.74, 6) is 0. The second-order valence-corrected chi connectivity index (χ2v) is 29.1. The zero-order valence-electron chi connectivity index (χ0n) is 26.7. The van der Waals surface area contributed by atoms with Gasteiger partial charge in [0.05, 0.1) is 0 Å². The van der Waals surface area contributed by atoms with Crippen molar-refractivity contribution in [2.24, 2.45) is 0 Å². The Morgan fingerprint density at radius 1 is 0.400 bits per heavy atom. The van der Waals surface area contributed by atoms with E-state index in [-0.39, 0.29) is 18.9 Å². The van der Waals surface area contributed by atoms with E-state index in [4.69, 9.17) is 4.43 Å². The van der Waals surface area contributed by atoms with Crippen molar-refractivity contribution in [1.82, 2.24) is 0 Å². The molecular weight excluding hydrogens is 588 g/mol. The van der Waals surface area contributed by atoms with Gasteiger partial charge >= 0.3 is 18.9 Å². The zero-order chi connectivity index (χ0) is 30.5. The standard InChI is InChI=1S/C40H39OSi3.Li/c1-40(2,3)41-43(36-26-14-6-15-27-36,37-28-16-7-17-29-37)44(38-30-18-8-19-31-38,39-32-20-9-21-33-39)42(34-22-10-4-11-23-34)35-24-12-5-13-25-35;/h4-33H,1-3H3;/q-1;+1. The minimum atomic E-state index is -3.19. The maximum Gasteiger partial charge on any atom is 1.00 e. The van der Waals surface area contributed by atoms with Crippen LogP contribution in [0.4, 0.5) is 0 Å². The van der Waals surface area contributed by atoms with Gasteiger partial charge in [0, 0.05) is 12.7 Å². The van der Waals surface area contributed by atoms with Gasteiger partial charge in [-0.05, 0) is 31.1 Å². The van der Waals surface area contributed by atoms with Gasteiger partial charge in [-0.15, -0.1) is 0 Å². The van der Waals surface area contributed by atoms with Gasteiger partial charge in [0.2, 0.25) is 7.83 Å². The van der Waals surface area contributed by atoms with Crippen molar-refractivity contribution in [3.8, 4) is 0 Å². The van der Waals surface area contributed by atoms with Gasteiger partial charge in [-0.1, -0.05) is 192 Å². The fourth-order valence-electron chi connectivity index (χ4n) is 6.82. The van der Waals surface area contributed by atoms with E-state index in [2.05, 4.69) is 203 Å². The Kier molecular flexibility index (Phi) is 10.5. The smallest absolute Gasteiger partial charge is 0.408 e. The second-order valence-electron chi connectivity index (χ2n) is 12.2. The molecule has 0 radical (unpaired) electrons. The summed E-state index contributed by atoms with van der Waals surface area (Å²) < 4.78 is 8.02. The van der Waals surface area contributed by atoms with Crippen LogP contribution in [0.5, 0.6) is 0 Å². The third-order valence-electron chi connectivity index (χ3n) is 8.26. The predicted octanol–water partition coefficient (Wildman–Crippen LogP) is 2.29. The van der Waals surface area contributed by atoms with E-state index >= 15 is 0 Å². The topological polar surface area (TPSA) is 9.23 Å². The van der Waals surface area contributed by atoms with E-state index in [9.17, 15) is 0 Å². The molecule has 0 spiro atoms. The summed E-state index contributed by atoms with van der Waals surface area (Å²) in [4.78, 5) is 0. The molecule has 0 aromatic heterocycles. The molecule has 0 aliphatic carbocycles. The molecule has 0 heterocycles. The average molecular weight is 627 g/mol. The Bertz CT molecular complexity index is 1630. The van der Waals surface area contributed by atoms with E-state index in [0.29, 0.717) is 0 Å². The van der Waals surface area contributed by atoms with Crippen LogP contribution in [0.2, 0.25) is 0 Å². The van der Waals surface area contributed by atoms with E-state index in [1.165, 1.54) is 31.1 Å². The number of hydrogen-bond donors (Lipinski definition) is 0. The Labute approximate surface area is 284 Å². The first-order valence-corrected chi connectivity index (χ1v) is 22.8. The van der Waals surface area contributed by atoms with Crippen molar-refractivity contribution in [3.05, 3.63) is 182 Å². The van der Waals surface area contributed by atoms with Crippen LogP contribution in [0.3, 0.4) is 0 Å². The molecular formula is C40H39LiOSi3. The van der Waals surface area contributed by atoms with Crippen molar-refractivity contribution in [2.45, 2.75) is 26.4 Å². The molecule has 0 N–H and O–H groups in total. The molecule has 45 heavy (non-hydrogen) atoms. The average Bonchev–Trinajstić information content (AvgIpc) is 3.08. The molecule has 0 amide bonds. The third-order valence-corrected chi connectivity index (χ3v) is 35.6. The van der Waals surface area contributed by atoms with Gasteiger partial charge < -0.3 is 4.43 Å². The maximum absolute atomic E-state index is 8.02. The monoisotopic (exact) mass is 626 g/mol. The largest absolute Gasteiger partial charge is 1.00 e. The van der Waals surface area contributed by atoms with Crippen LogP contribution in [0.25, 0.3) is 0 Å². The van der Waals surface area contributed by atoms with Crippen molar-refractivity contribution >= 4 is 54.4 Å². The quantitative estimate of drug-likeness (QED) is 0.224. The van der Waals surface area contributed by atoms with Gasteiger partial charge in [0.15, 0.2) is 0 Å². The molecule has 218 valence electrons. The molecule has 0 aliphatic rings. The summed E-state index contributed by atoms with van der Waals surface area (Å²) >= 11 is 0. The van der Waals surface area contributed by atoms with Crippen LogP contribution in [0.15, 0.2) is 182 Å². The fourth-order valence-corrected chi connectivity index (χ4v) is 41.0. The molecule has 0 bridgehead atoms. The normalized spacial score (nSPS) is 11.8. The molecule has 5 heteroatoms. The van der Waals surface area contributed by atoms with Crippen molar-refractivity contribution in [1.29, 1.82) is 0 Å². The molecule has 0 atom stereocenters. The van der Waals surface area contributed by atoms with Crippen molar-refractivity contribution < 1.29 is 23.3 Å². The Morgan fingerprint density at radius 3 is 0.956 bits per heavy atom. The SMILES string of the molecule is CC(C)(C)O[Si](c1ccccc1)(c1ccccc1)[Si](c1ccccc1)(c1ccccc1)[Si-](c1ccccc1)c1ccccc1.[Li+]. The van der Waals surface area contributed by atoms with Crippen LogP contribution in [0.1, 0.15) is 20.8 Å². The van der Waals surface area contributed by atoms with Crippen LogP contribution < -0.4 is 50.0 Å². The van der Waals surface area contributed by atoms with Gasteiger partial charge in [0.1, 0.15) is 0 Å². The first kappa shape index (κ1) is 32.9. The van der Waals surface area contributed by atoms with Gasteiger partial charge in [-0.25, -0.2) is 8.31 Å². The Hall–Kier alpha value is -3.47. The van der Waals surface area contributed by atoms with Crippen LogP contribution >= 0.6 is 0 Å². The van der Waals surface area contributed by atoms with Crippen LogP contribution in [-0.4, -0.2) is 28.9 Å². The number of hydrogen-bond acceptors (Lipinski definition) is 1. The molecule has 6 aromatic rings. The Morgan fingerprint density at radius 2 is 0.667 bits per heavy atom. The maximum atomic E-state index is 8.02. The number of rotatable bonds is 9. The van der Waals surface area contributed by atoms with E-state index < -0.39 is 28.9 Å². The van der Waals surface area contributed by atoms with E-state index in [0.717, 1.165) is 0 Å². The van der Waals surface area contributed by atoms with Gasteiger partial charge in [-0.3, -0.25) is 0 Å². The minimum absolute atomic E-state index is 0. The van der Waals surface area contributed by atoms with Crippen molar-refractivity contribution in [2.75, 3.05) is 0 Å². The summed E-state index contributed by atoms with van der Waals surface area (Å²) in [6, 6.07) is 68.1. The van der Waals surface area contributed by atoms with E-state index in [1.54, 1.807) is 0 Å². The first-order valence-electron chi connectivity index (χ1n) is 15.4. The van der Waals surface area contributed by atoms with Gasteiger partial charge in [-0.2, -0.15) is 10.4 Å². The predicted molar refractivity (Wildman–Crippen MR) is 195 cm³/mol.